The van der Waals surface area contributed by atoms with E-state index in [-0.39, 0.29) is 5.91 Å². The van der Waals surface area contributed by atoms with Crippen molar-refractivity contribution in [2.24, 2.45) is 0 Å². The standard InChI is InChI=1S/C14H9ClN2O3/c15-10-4-2-1-3-9(10)13(18)16-8-5-6-12-11(7-8)17-14(19)20-12/h1-7H,(H,16,18)(H,17,19). The van der Waals surface area contributed by atoms with Gasteiger partial charge in [0.15, 0.2) is 5.58 Å². The number of hydrogen-bond acceptors (Lipinski definition) is 3. The Morgan fingerprint density at radius 3 is 2.80 bits per heavy atom. The van der Waals surface area contributed by atoms with Crippen LogP contribution in [-0.2, 0) is 0 Å². The van der Waals surface area contributed by atoms with Crippen LogP contribution in [0.1, 0.15) is 10.4 Å². The molecule has 0 fully saturated rings. The molecule has 0 aliphatic carbocycles. The molecule has 1 heterocycles. The maximum absolute atomic E-state index is 12.1. The molecule has 0 unspecified atom stereocenters. The second-order valence-corrected chi connectivity index (χ2v) is 4.57. The highest BCUT2D eigenvalue weighted by Gasteiger charge is 2.10. The zero-order valence-electron chi connectivity index (χ0n) is 10.1. The summed E-state index contributed by atoms with van der Waals surface area (Å²) >= 11 is 5.96. The lowest BCUT2D eigenvalue weighted by Crippen LogP contribution is -2.12. The summed E-state index contributed by atoms with van der Waals surface area (Å²) in [6.45, 7) is 0. The molecule has 1 aromatic heterocycles. The van der Waals surface area contributed by atoms with Gasteiger partial charge in [-0.2, -0.15) is 0 Å². The van der Waals surface area contributed by atoms with Gasteiger partial charge in [0.1, 0.15) is 0 Å². The summed E-state index contributed by atoms with van der Waals surface area (Å²) in [5.41, 5.74) is 1.88. The van der Waals surface area contributed by atoms with Gasteiger partial charge in [-0.1, -0.05) is 23.7 Å². The molecule has 0 saturated carbocycles. The Kier molecular flexibility index (Phi) is 3.04. The quantitative estimate of drug-likeness (QED) is 0.761. The van der Waals surface area contributed by atoms with Gasteiger partial charge in [0, 0.05) is 5.69 Å². The molecule has 2 N–H and O–H groups in total. The molecule has 1 amide bonds. The minimum Gasteiger partial charge on any atom is -0.408 e. The molecule has 0 spiro atoms. The number of rotatable bonds is 2. The molecule has 2 aromatic carbocycles. The number of benzene rings is 2. The molecule has 0 atom stereocenters. The zero-order chi connectivity index (χ0) is 14.1. The minimum absolute atomic E-state index is 0.319. The fourth-order valence-corrected chi connectivity index (χ4v) is 2.10. The fraction of sp³-hybridized carbons (Fsp3) is 0. The van der Waals surface area contributed by atoms with Gasteiger partial charge >= 0.3 is 5.76 Å². The number of fused-ring (bicyclic) bond motifs is 1. The lowest BCUT2D eigenvalue weighted by atomic mass is 10.2. The Bertz CT molecular complexity index is 851. The molecule has 100 valence electrons. The van der Waals surface area contributed by atoms with E-state index < -0.39 is 5.76 Å². The summed E-state index contributed by atoms with van der Waals surface area (Å²) in [5, 5.41) is 3.09. The molecule has 0 aliphatic heterocycles. The molecule has 3 rings (SSSR count). The first-order chi connectivity index (χ1) is 9.63. The first-order valence-electron chi connectivity index (χ1n) is 5.82. The van der Waals surface area contributed by atoms with Crippen molar-refractivity contribution in [2.75, 3.05) is 5.32 Å². The SMILES string of the molecule is O=C(Nc1ccc2oc(=O)[nH]c2c1)c1ccccc1Cl. The van der Waals surface area contributed by atoms with Gasteiger partial charge in [0.2, 0.25) is 0 Å². The average Bonchev–Trinajstić information content (AvgIpc) is 2.78. The summed E-state index contributed by atoms with van der Waals surface area (Å²) in [6, 6.07) is 11.6. The third-order valence-corrected chi connectivity index (χ3v) is 3.12. The van der Waals surface area contributed by atoms with E-state index in [1.54, 1.807) is 42.5 Å². The lowest BCUT2D eigenvalue weighted by Gasteiger charge is -2.06. The number of hydrogen-bond donors (Lipinski definition) is 2. The first-order valence-corrected chi connectivity index (χ1v) is 6.20. The van der Waals surface area contributed by atoms with Crippen molar-refractivity contribution >= 4 is 34.3 Å². The predicted octanol–water partition coefficient (Wildman–Crippen LogP) is 3.03. The summed E-state index contributed by atoms with van der Waals surface area (Å²) in [5.74, 6) is -0.852. The van der Waals surface area contributed by atoms with Gasteiger partial charge in [-0.05, 0) is 30.3 Å². The second-order valence-electron chi connectivity index (χ2n) is 4.16. The molecule has 0 bridgehead atoms. The lowest BCUT2D eigenvalue weighted by molar-refractivity contribution is 0.102. The van der Waals surface area contributed by atoms with E-state index >= 15 is 0 Å². The van der Waals surface area contributed by atoms with E-state index in [4.69, 9.17) is 16.0 Å². The number of carbonyl (C=O) groups is 1. The van der Waals surface area contributed by atoms with Crippen LogP contribution in [-0.4, -0.2) is 10.9 Å². The Hall–Kier alpha value is -2.53. The number of H-pyrrole nitrogens is 1. The highest BCUT2D eigenvalue weighted by atomic mass is 35.5. The number of oxazole rings is 1. The molecule has 5 nitrogen and oxygen atoms in total. The van der Waals surface area contributed by atoms with Crippen molar-refractivity contribution < 1.29 is 9.21 Å². The van der Waals surface area contributed by atoms with Crippen molar-refractivity contribution in [1.29, 1.82) is 0 Å². The van der Waals surface area contributed by atoms with E-state index in [1.165, 1.54) is 0 Å². The number of aromatic nitrogens is 1. The first kappa shape index (κ1) is 12.5. The van der Waals surface area contributed by atoms with Crippen molar-refractivity contribution in [2.45, 2.75) is 0 Å². The van der Waals surface area contributed by atoms with Crippen LogP contribution in [0.15, 0.2) is 51.7 Å². The third-order valence-electron chi connectivity index (χ3n) is 2.80. The van der Waals surface area contributed by atoms with Gasteiger partial charge in [0.05, 0.1) is 16.1 Å². The van der Waals surface area contributed by atoms with Crippen LogP contribution in [0.2, 0.25) is 5.02 Å². The van der Waals surface area contributed by atoms with E-state index in [2.05, 4.69) is 10.3 Å². The van der Waals surface area contributed by atoms with Crippen molar-refractivity contribution in [1.82, 2.24) is 4.98 Å². The van der Waals surface area contributed by atoms with Crippen LogP contribution in [0.3, 0.4) is 0 Å². The summed E-state index contributed by atoms with van der Waals surface area (Å²) in [7, 11) is 0. The smallest absolute Gasteiger partial charge is 0.408 e. The number of halogens is 1. The van der Waals surface area contributed by atoms with Crippen molar-refractivity contribution in [3.63, 3.8) is 0 Å². The largest absolute Gasteiger partial charge is 0.417 e. The Labute approximate surface area is 118 Å². The van der Waals surface area contributed by atoms with Crippen LogP contribution in [0.4, 0.5) is 5.69 Å². The topological polar surface area (TPSA) is 75.1 Å². The van der Waals surface area contributed by atoms with Gasteiger partial charge in [-0.15, -0.1) is 0 Å². The Morgan fingerprint density at radius 2 is 2.00 bits per heavy atom. The minimum atomic E-state index is -0.533. The van der Waals surface area contributed by atoms with Crippen LogP contribution in [0.25, 0.3) is 11.1 Å². The van der Waals surface area contributed by atoms with Gasteiger partial charge in [-0.25, -0.2) is 4.79 Å². The van der Waals surface area contributed by atoms with Crippen LogP contribution >= 0.6 is 11.6 Å². The monoisotopic (exact) mass is 288 g/mol. The summed E-state index contributed by atoms with van der Waals surface area (Å²) in [6.07, 6.45) is 0. The number of carbonyl (C=O) groups excluding carboxylic acids is 1. The second kappa shape index (κ2) is 4.86. The van der Waals surface area contributed by atoms with Gasteiger partial charge in [-0.3, -0.25) is 9.78 Å². The average molecular weight is 289 g/mol. The molecule has 0 radical (unpaired) electrons. The Morgan fingerprint density at radius 1 is 1.20 bits per heavy atom. The summed E-state index contributed by atoms with van der Waals surface area (Å²) < 4.78 is 4.89. The normalized spacial score (nSPS) is 10.7. The predicted molar refractivity (Wildman–Crippen MR) is 76.2 cm³/mol. The molecule has 6 heteroatoms. The molecule has 0 aliphatic rings. The number of amides is 1. The molecular weight excluding hydrogens is 280 g/mol. The van der Waals surface area contributed by atoms with Crippen molar-refractivity contribution in [3.8, 4) is 0 Å². The third kappa shape index (κ3) is 2.31. The highest BCUT2D eigenvalue weighted by Crippen LogP contribution is 2.19. The van der Waals surface area contributed by atoms with Crippen LogP contribution < -0.4 is 11.1 Å². The van der Waals surface area contributed by atoms with E-state index in [0.717, 1.165) is 0 Å². The fourth-order valence-electron chi connectivity index (χ4n) is 1.87. The van der Waals surface area contributed by atoms with E-state index in [9.17, 15) is 9.59 Å². The molecular formula is C14H9ClN2O3. The Balaban J connectivity index is 1.91. The van der Waals surface area contributed by atoms with E-state index in [0.29, 0.717) is 27.4 Å². The molecule has 3 aromatic rings. The van der Waals surface area contributed by atoms with Gasteiger partial charge in [0.25, 0.3) is 5.91 Å². The highest BCUT2D eigenvalue weighted by molar-refractivity contribution is 6.34. The van der Waals surface area contributed by atoms with Crippen LogP contribution in [0.5, 0.6) is 0 Å². The summed E-state index contributed by atoms with van der Waals surface area (Å²) in [4.78, 5) is 25.7. The number of anilines is 1. The number of nitrogens with one attached hydrogen (secondary N) is 2. The zero-order valence-corrected chi connectivity index (χ0v) is 10.9. The number of aromatic amines is 1. The molecule has 0 saturated heterocycles. The van der Waals surface area contributed by atoms with Gasteiger partial charge < -0.3 is 9.73 Å². The van der Waals surface area contributed by atoms with E-state index in [1.807, 2.05) is 0 Å². The van der Waals surface area contributed by atoms with Crippen LogP contribution in [0, 0.1) is 0 Å². The van der Waals surface area contributed by atoms with Crippen molar-refractivity contribution in [3.05, 3.63) is 63.6 Å². The maximum atomic E-state index is 12.1. The molecule has 20 heavy (non-hydrogen) atoms. The maximum Gasteiger partial charge on any atom is 0.417 e.